The zero-order valence-electron chi connectivity index (χ0n) is 12.2. The molecular weight excluding hydrogens is 274 g/mol. The van der Waals surface area contributed by atoms with Gasteiger partial charge in [-0.15, -0.1) is 5.10 Å². The molecular formula is C14H21N3O2S. The maximum atomic E-state index is 11.4. The van der Waals surface area contributed by atoms with E-state index in [9.17, 15) is 9.90 Å². The molecule has 20 heavy (non-hydrogen) atoms. The quantitative estimate of drug-likeness (QED) is 0.870. The summed E-state index contributed by atoms with van der Waals surface area (Å²) in [6, 6.07) is 0. The van der Waals surface area contributed by atoms with Crippen LogP contribution in [0.25, 0.3) is 0 Å². The number of carboxylic acids is 1. The fourth-order valence-electron chi connectivity index (χ4n) is 2.71. The molecule has 2 N–H and O–H groups in total. The van der Waals surface area contributed by atoms with E-state index in [-0.39, 0.29) is 10.3 Å². The van der Waals surface area contributed by atoms with Gasteiger partial charge in [-0.05, 0) is 38.5 Å². The van der Waals surface area contributed by atoms with Crippen molar-refractivity contribution in [1.29, 1.82) is 0 Å². The molecule has 0 unspecified atom stereocenters. The Labute approximate surface area is 123 Å². The van der Waals surface area contributed by atoms with E-state index in [1.165, 1.54) is 25.7 Å². The minimum atomic E-state index is -0.951. The fourth-order valence-corrected chi connectivity index (χ4v) is 3.62. The molecule has 0 atom stereocenters. The first-order valence-electron chi connectivity index (χ1n) is 6.85. The Morgan fingerprint density at radius 1 is 1.35 bits per heavy atom. The molecule has 0 spiro atoms. The zero-order chi connectivity index (χ0) is 14.8. The molecule has 1 saturated carbocycles. The van der Waals surface area contributed by atoms with Gasteiger partial charge in [-0.2, -0.15) is 16.9 Å². The number of rotatable bonds is 5. The summed E-state index contributed by atoms with van der Waals surface area (Å²) in [5, 5.41) is 20.7. The minimum Gasteiger partial charge on any atom is -0.478 e. The lowest BCUT2D eigenvalue weighted by molar-refractivity contribution is 0.0696. The molecule has 1 aromatic rings. The maximum Gasteiger partial charge on any atom is 0.339 e. The van der Waals surface area contributed by atoms with Gasteiger partial charge in [0.2, 0.25) is 0 Å². The molecule has 0 radical (unpaired) electrons. The van der Waals surface area contributed by atoms with E-state index in [1.807, 2.05) is 11.8 Å². The molecule has 1 heterocycles. The highest BCUT2D eigenvalue weighted by Crippen LogP contribution is 2.40. The number of anilines is 1. The van der Waals surface area contributed by atoms with E-state index in [2.05, 4.69) is 21.8 Å². The third kappa shape index (κ3) is 2.90. The molecule has 0 aliphatic heterocycles. The number of nitrogens with one attached hydrogen (secondary N) is 1. The number of thioether (sulfide) groups is 1. The molecule has 0 saturated heterocycles. The van der Waals surface area contributed by atoms with Crippen LogP contribution in [0.15, 0.2) is 0 Å². The summed E-state index contributed by atoms with van der Waals surface area (Å²) >= 11 is 1.86. The van der Waals surface area contributed by atoms with Crippen molar-refractivity contribution in [2.45, 2.75) is 44.3 Å². The second-order valence-electron chi connectivity index (χ2n) is 5.39. The number of hydrogen-bond acceptors (Lipinski definition) is 5. The number of carbonyl (C=O) groups is 1. The third-order valence-corrected chi connectivity index (χ3v) is 5.61. The van der Waals surface area contributed by atoms with Gasteiger partial charge in [0.1, 0.15) is 5.56 Å². The Bertz CT molecular complexity index is 513. The summed E-state index contributed by atoms with van der Waals surface area (Å²) in [6.07, 6.45) is 6.95. The summed E-state index contributed by atoms with van der Waals surface area (Å²) in [5.41, 5.74) is 1.58. The molecule has 1 fully saturated rings. The second-order valence-corrected chi connectivity index (χ2v) is 6.66. The highest BCUT2D eigenvalue weighted by atomic mass is 32.2. The Hall–Kier alpha value is -1.30. The molecule has 2 rings (SSSR count). The standard InChI is InChI=1S/C14H21N3O2S/c1-9-10(2)16-17-12(11(9)13(18)19)15-8-14(20-3)6-4-5-7-14/h4-8H2,1-3H3,(H,15,17)(H,18,19). The lowest BCUT2D eigenvalue weighted by Crippen LogP contribution is -2.31. The molecule has 6 heteroatoms. The van der Waals surface area contributed by atoms with Gasteiger partial charge < -0.3 is 10.4 Å². The van der Waals surface area contributed by atoms with E-state index in [0.29, 0.717) is 17.1 Å². The largest absolute Gasteiger partial charge is 0.478 e. The summed E-state index contributed by atoms with van der Waals surface area (Å²) in [6.45, 7) is 4.29. The predicted octanol–water partition coefficient (Wildman–Crippen LogP) is 2.88. The average Bonchev–Trinajstić information content (AvgIpc) is 2.89. The van der Waals surface area contributed by atoms with Crippen molar-refractivity contribution in [2.75, 3.05) is 18.1 Å². The van der Waals surface area contributed by atoms with Crippen molar-refractivity contribution < 1.29 is 9.90 Å². The second kappa shape index (κ2) is 5.99. The molecule has 5 nitrogen and oxygen atoms in total. The van der Waals surface area contributed by atoms with Crippen molar-refractivity contribution in [3.05, 3.63) is 16.8 Å². The molecule has 0 amide bonds. The Kier molecular flexibility index (Phi) is 4.52. The first kappa shape index (κ1) is 15.1. The monoisotopic (exact) mass is 295 g/mol. The van der Waals surface area contributed by atoms with Crippen LogP contribution < -0.4 is 5.32 Å². The molecule has 1 aliphatic carbocycles. The van der Waals surface area contributed by atoms with Gasteiger partial charge in [-0.1, -0.05) is 12.8 Å². The van der Waals surface area contributed by atoms with E-state index in [1.54, 1.807) is 13.8 Å². The predicted molar refractivity (Wildman–Crippen MR) is 81.7 cm³/mol. The van der Waals surface area contributed by atoms with Gasteiger partial charge in [-0.3, -0.25) is 0 Å². The van der Waals surface area contributed by atoms with Crippen molar-refractivity contribution in [3.63, 3.8) is 0 Å². The minimum absolute atomic E-state index is 0.205. The van der Waals surface area contributed by atoms with Gasteiger partial charge in [0.05, 0.1) is 5.69 Å². The lowest BCUT2D eigenvalue weighted by atomic mass is 10.1. The fraction of sp³-hybridized carbons (Fsp3) is 0.643. The smallest absolute Gasteiger partial charge is 0.339 e. The molecule has 1 aromatic heterocycles. The lowest BCUT2D eigenvalue weighted by Gasteiger charge is -2.27. The van der Waals surface area contributed by atoms with Gasteiger partial charge in [0.25, 0.3) is 0 Å². The highest BCUT2D eigenvalue weighted by Gasteiger charge is 2.33. The topological polar surface area (TPSA) is 75.1 Å². The van der Waals surface area contributed by atoms with Crippen LogP contribution in [0, 0.1) is 13.8 Å². The van der Waals surface area contributed by atoms with Gasteiger partial charge in [0, 0.05) is 11.3 Å². The third-order valence-electron chi connectivity index (χ3n) is 4.19. The summed E-state index contributed by atoms with van der Waals surface area (Å²) in [7, 11) is 0. The number of carboxylic acid groups (broad SMARTS) is 1. The number of aromatic carboxylic acids is 1. The number of aryl methyl sites for hydroxylation is 1. The van der Waals surface area contributed by atoms with Crippen LogP contribution in [0.5, 0.6) is 0 Å². The van der Waals surface area contributed by atoms with Crippen LogP contribution in [-0.4, -0.2) is 38.8 Å². The van der Waals surface area contributed by atoms with E-state index < -0.39 is 5.97 Å². The number of aromatic nitrogens is 2. The highest BCUT2D eigenvalue weighted by molar-refractivity contribution is 8.00. The SMILES string of the molecule is CSC1(CNc2nnc(C)c(C)c2C(=O)O)CCCC1. The van der Waals surface area contributed by atoms with Crippen molar-refractivity contribution in [1.82, 2.24) is 10.2 Å². The average molecular weight is 295 g/mol. The van der Waals surface area contributed by atoms with E-state index >= 15 is 0 Å². The number of nitrogens with zero attached hydrogens (tertiary/aromatic N) is 2. The van der Waals surface area contributed by atoms with Crippen LogP contribution in [-0.2, 0) is 0 Å². The van der Waals surface area contributed by atoms with Crippen molar-refractivity contribution in [2.24, 2.45) is 0 Å². The first-order valence-corrected chi connectivity index (χ1v) is 8.08. The van der Waals surface area contributed by atoms with Crippen molar-refractivity contribution >= 4 is 23.5 Å². The van der Waals surface area contributed by atoms with Crippen molar-refractivity contribution in [3.8, 4) is 0 Å². The van der Waals surface area contributed by atoms with Crippen LogP contribution in [0.3, 0.4) is 0 Å². The molecule has 110 valence electrons. The molecule has 0 bridgehead atoms. The summed E-state index contributed by atoms with van der Waals surface area (Å²) < 4.78 is 0.205. The Morgan fingerprint density at radius 2 is 2.00 bits per heavy atom. The van der Waals surface area contributed by atoms with Gasteiger partial charge >= 0.3 is 5.97 Å². The molecule has 0 aromatic carbocycles. The summed E-state index contributed by atoms with van der Waals surface area (Å²) in [5.74, 6) is -0.562. The van der Waals surface area contributed by atoms with E-state index in [0.717, 1.165) is 6.54 Å². The van der Waals surface area contributed by atoms with Gasteiger partial charge in [-0.25, -0.2) is 4.79 Å². The van der Waals surface area contributed by atoms with Crippen LogP contribution in [0.4, 0.5) is 5.82 Å². The van der Waals surface area contributed by atoms with Gasteiger partial charge in [0.15, 0.2) is 5.82 Å². The Balaban J connectivity index is 2.21. The zero-order valence-corrected chi connectivity index (χ0v) is 13.0. The van der Waals surface area contributed by atoms with Crippen LogP contribution in [0.2, 0.25) is 0 Å². The normalized spacial score (nSPS) is 17.1. The van der Waals surface area contributed by atoms with Crippen LogP contribution in [0.1, 0.15) is 47.3 Å². The molecule has 1 aliphatic rings. The maximum absolute atomic E-state index is 11.4. The van der Waals surface area contributed by atoms with Crippen LogP contribution >= 0.6 is 11.8 Å². The number of hydrogen-bond donors (Lipinski definition) is 2. The Morgan fingerprint density at radius 3 is 2.55 bits per heavy atom. The first-order chi connectivity index (χ1) is 9.49. The summed E-state index contributed by atoms with van der Waals surface area (Å²) in [4.78, 5) is 11.4. The van der Waals surface area contributed by atoms with E-state index in [4.69, 9.17) is 0 Å².